The van der Waals surface area contributed by atoms with Gasteiger partial charge in [-0.15, -0.1) is 0 Å². The van der Waals surface area contributed by atoms with Gasteiger partial charge >= 0.3 is 6.18 Å². The number of phenolic OH excluding ortho intramolecular Hbond substituents is 1. The lowest BCUT2D eigenvalue weighted by Gasteiger charge is -2.32. The summed E-state index contributed by atoms with van der Waals surface area (Å²) in [7, 11) is 0. The smallest absolute Gasteiger partial charge is 0.410 e. The number of hydrogen-bond acceptors (Lipinski definition) is 5. The Morgan fingerprint density at radius 2 is 2.04 bits per heavy atom. The fourth-order valence-corrected chi connectivity index (χ4v) is 3.10. The van der Waals surface area contributed by atoms with Crippen LogP contribution in [0.5, 0.6) is 5.75 Å². The van der Waals surface area contributed by atoms with Crippen LogP contribution in [0.4, 0.5) is 24.7 Å². The molecule has 0 saturated carbocycles. The first-order valence-corrected chi connectivity index (χ1v) is 8.38. The first kappa shape index (κ1) is 18.0. The monoisotopic (exact) mass is 392 g/mol. The van der Waals surface area contributed by atoms with Gasteiger partial charge < -0.3 is 20.2 Å². The molecule has 7 nitrogen and oxygen atoms in total. The largest absolute Gasteiger partial charge is 0.508 e. The third kappa shape index (κ3) is 3.40. The molecule has 0 aliphatic carbocycles. The summed E-state index contributed by atoms with van der Waals surface area (Å²) in [4.78, 5) is 12.4. The molecule has 2 atom stereocenters. The highest BCUT2D eigenvalue weighted by atomic mass is 19.4. The van der Waals surface area contributed by atoms with Crippen LogP contribution in [-0.4, -0.2) is 27.0 Å². The van der Waals surface area contributed by atoms with Crippen LogP contribution in [0.1, 0.15) is 34.8 Å². The number of carbonyl (C=O) groups is 1. The molecule has 146 valence electrons. The third-order valence-corrected chi connectivity index (χ3v) is 4.43. The number of alkyl halides is 3. The second-order valence-corrected chi connectivity index (χ2v) is 6.37. The van der Waals surface area contributed by atoms with Crippen LogP contribution in [-0.2, 0) is 0 Å². The van der Waals surface area contributed by atoms with Crippen molar-refractivity contribution >= 4 is 17.4 Å². The molecule has 1 aliphatic rings. The van der Waals surface area contributed by atoms with Crippen LogP contribution >= 0.6 is 0 Å². The van der Waals surface area contributed by atoms with Gasteiger partial charge in [0.2, 0.25) is 0 Å². The molecule has 4 rings (SSSR count). The highest BCUT2D eigenvalue weighted by Gasteiger charge is 2.47. The predicted octanol–water partition coefficient (Wildman–Crippen LogP) is 4.09. The maximum absolute atomic E-state index is 13.6. The molecule has 3 aromatic rings. The van der Waals surface area contributed by atoms with Crippen molar-refractivity contribution in [2.24, 2.45) is 0 Å². The number of carbonyl (C=O) groups excluding carboxylic acids is 1. The summed E-state index contributed by atoms with van der Waals surface area (Å²) in [5, 5.41) is 18.6. The van der Waals surface area contributed by atoms with Gasteiger partial charge in [-0.2, -0.15) is 18.3 Å². The number of phenols is 1. The predicted molar refractivity (Wildman–Crippen MR) is 93.1 cm³/mol. The number of halogens is 3. The van der Waals surface area contributed by atoms with Crippen molar-refractivity contribution in [1.82, 2.24) is 9.78 Å². The highest BCUT2D eigenvalue weighted by molar-refractivity contribution is 6.03. The van der Waals surface area contributed by atoms with Gasteiger partial charge in [-0.05, 0) is 36.4 Å². The third-order valence-electron chi connectivity index (χ3n) is 4.43. The topological polar surface area (TPSA) is 92.3 Å². The number of amides is 1. The van der Waals surface area contributed by atoms with Gasteiger partial charge in [0.1, 0.15) is 17.3 Å². The fourth-order valence-electron chi connectivity index (χ4n) is 3.10. The molecule has 0 saturated heterocycles. The maximum atomic E-state index is 13.6. The van der Waals surface area contributed by atoms with Gasteiger partial charge in [-0.3, -0.25) is 4.79 Å². The van der Waals surface area contributed by atoms with Crippen LogP contribution in [0.2, 0.25) is 0 Å². The van der Waals surface area contributed by atoms with Crippen molar-refractivity contribution in [3.05, 3.63) is 60.2 Å². The van der Waals surface area contributed by atoms with E-state index in [-0.39, 0.29) is 23.7 Å². The molecule has 1 amide bonds. The van der Waals surface area contributed by atoms with Gasteiger partial charge in [0.25, 0.3) is 5.91 Å². The van der Waals surface area contributed by atoms with Crippen molar-refractivity contribution in [1.29, 1.82) is 0 Å². The van der Waals surface area contributed by atoms with Gasteiger partial charge in [0, 0.05) is 18.2 Å². The molecule has 1 aromatic carbocycles. The van der Waals surface area contributed by atoms with E-state index in [4.69, 9.17) is 4.42 Å². The Morgan fingerprint density at radius 1 is 1.29 bits per heavy atom. The average Bonchev–Trinajstić information content (AvgIpc) is 3.31. The summed E-state index contributed by atoms with van der Waals surface area (Å²) in [5.74, 6) is -0.191. The molecule has 0 bridgehead atoms. The minimum Gasteiger partial charge on any atom is -0.508 e. The summed E-state index contributed by atoms with van der Waals surface area (Å²) in [5.41, 5.74) is 0.215. The van der Waals surface area contributed by atoms with Crippen LogP contribution in [0.25, 0.3) is 0 Å². The number of aromatic hydroxyl groups is 1. The van der Waals surface area contributed by atoms with Crippen LogP contribution in [0.3, 0.4) is 0 Å². The van der Waals surface area contributed by atoms with E-state index in [1.807, 2.05) is 0 Å². The molecule has 3 N–H and O–H groups in total. The number of hydrogen-bond donors (Lipinski definition) is 3. The average molecular weight is 392 g/mol. The molecular weight excluding hydrogens is 377 g/mol. The van der Waals surface area contributed by atoms with E-state index in [9.17, 15) is 23.1 Å². The summed E-state index contributed by atoms with van der Waals surface area (Å²) in [6, 6.07) is 7.56. The van der Waals surface area contributed by atoms with E-state index in [1.54, 1.807) is 12.1 Å². The second-order valence-electron chi connectivity index (χ2n) is 6.37. The number of fused-ring (bicyclic) bond motifs is 1. The van der Waals surface area contributed by atoms with E-state index >= 15 is 0 Å². The zero-order valence-corrected chi connectivity index (χ0v) is 14.3. The molecule has 2 aromatic heterocycles. The molecular formula is C18H15F3N4O3. The Bertz CT molecular complexity index is 981. The summed E-state index contributed by atoms with van der Waals surface area (Å²) < 4.78 is 46.8. The number of rotatable bonds is 3. The number of anilines is 2. The molecule has 28 heavy (non-hydrogen) atoms. The van der Waals surface area contributed by atoms with Crippen LogP contribution in [0.15, 0.2) is 53.1 Å². The maximum Gasteiger partial charge on any atom is 0.410 e. The van der Waals surface area contributed by atoms with Gasteiger partial charge in [-0.25, -0.2) is 4.68 Å². The van der Waals surface area contributed by atoms with Crippen LogP contribution < -0.4 is 10.6 Å². The zero-order valence-electron chi connectivity index (χ0n) is 14.3. The zero-order chi connectivity index (χ0) is 19.9. The highest BCUT2D eigenvalue weighted by Crippen LogP contribution is 2.43. The van der Waals surface area contributed by atoms with E-state index < -0.39 is 24.2 Å². The second kappa shape index (κ2) is 6.63. The quantitative estimate of drug-likeness (QED) is 0.584. The van der Waals surface area contributed by atoms with Crippen molar-refractivity contribution in [3.8, 4) is 5.75 Å². The molecule has 0 radical (unpaired) electrons. The first-order chi connectivity index (χ1) is 13.3. The number of nitrogens with zero attached hydrogens (tertiary/aromatic N) is 2. The van der Waals surface area contributed by atoms with E-state index in [0.717, 1.165) is 4.68 Å². The van der Waals surface area contributed by atoms with Crippen LogP contribution in [0, 0.1) is 0 Å². The van der Waals surface area contributed by atoms with Crippen molar-refractivity contribution in [2.45, 2.75) is 24.7 Å². The van der Waals surface area contributed by atoms with E-state index in [1.165, 1.54) is 36.6 Å². The molecule has 0 unspecified atom stereocenters. The number of aromatic nitrogens is 2. The van der Waals surface area contributed by atoms with E-state index in [2.05, 4.69) is 15.7 Å². The lowest BCUT2D eigenvalue weighted by molar-refractivity contribution is -0.174. The molecule has 10 heteroatoms. The normalized spacial score (nSPS) is 19.0. The standard InChI is InChI=1S/C18H15F3N4O3/c19-18(20,21)15-8-12(14-2-1-7-28-14)23-16-9-13(24-25(15)16)17(27)22-10-3-5-11(26)6-4-10/h1-7,9,12,15,23,26H,8H2,(H,22,27)/t12-,15+/m1/s1. The Kier molecular flexibility index (Phi) is 4.25. The molecule has 0 spiro atoms. The molecule has 1 aliphatic heterocycles. The van der Waals surface area contributed by atoms with Crippen molar-refractivity contribution in [3.63, 3.8) is 0 Å². The minimum atomic E-state index is -4.54. The molecule has 0 fully saturated rings. The first-order valence-electron chi connectivity index (χ1n) is 8.38. The number of furan rings is 1. The Labute approximate surface area is 156 Å². The Morgan fingerprint density at radius 3 is 2.68 bits per heavy atom. The summed E-state index contributed by atoms with van der Waals surface area (Å²) in [6.45, 7) is 0. The summed E-state index contributed by atoms with van der Waals surface area (Å²) in [6.07, 6.45) is -3.47. The number of nitrogens with one attached hydrogen (secondary N) is 2. The fraction of sp³-hybridized carbons (Fsp3) is 0.222. The molecule has 3 heterocycles. The lowest BCUT2D eigenvalue weighted by Crippen LogP contribution is -2.35. The Hall–Kier alpha value is -3.43. The number of benzene rings is 1. The van der Waals surface area contributed by atoms with Gasteiger partial charge in [0.15, 0.2) is 11.7 Å². The van der Waals surface area contributed by atoms with Crippen molar-refractivity contribution < 1.29 is 27.5 Å². The summed E-state index contributed by atoms with van der Waals surface area (Å²) >= 11 is 0. The minimum absolute atomic E-state index is 0.0247. The van der Waals surface area contributed by atoms with Gasteiger partial charge in [-0.1, -0.05) is 0 Å². The van der Waals surface area contributed by atoms with Gasteiger partial charge in [0.05, 0.1) is 12.3 Å². The van der Waals surface area contributed by atoms with Crippen molar-refractivity contribution in [2.75, 3.05) is 10.6 Å². The van der Waals surface area contributed by atoms with E-state index in [0.29, 0.717) is 11.4 Å². The lowest BCUT2D eigenvalue weighted by atomic mass is 10.0. The SMILES string of the molecule is O=C(Nc1ccc(O)cc1)c1cc2n(n1)[C@H](C(F)(F)F)C[C@H](c1ccco1)N2. The Balaban J connectivity index is 1.63.